The van der Waals surface area contributed by atoms with Gasteiger partial charge in [0.2, 0.25) is 0 Å². The van der Waals surface area contributed by atoms with Crippen LogP contribution in [0.1, 0.15) is 64.4 Å². The van der Waals surface area contributed by atoms with Gasteiger partial charge in [-0.2, -0.15) is 0 Å². The van der Waals surface area contributed by atoms with E-state index < -0.39 is 0 Å². The van der Waals surface area contributed by atoms with Crippen LogP contribution in [0.3, 0.4) is 0 Å². The first-order valence-corrected chi connectivity index (χ1v) is 12.4. The van der Waals surface area contributed by atoms with E-state index in [1.54, 1.807) is 36.4 Å². The molecule has 34 heavy (non-hydrogen) atoms. The van der Waals surface area contributed by atoms with Gasteiger partial charge in [-0.15, -0.1) is 0 Å². The fourth-order valence-corrected chi connectivity index (χ4v) is 3.87. The largest absolute Gasteiger partial charge is 0.493 e. The second-order valence-electron chi connectivity index (χ2n) is 8.30. The molecule has 5 nitrogen and oxygen atoms in total. The van der Waals surface area contributed by atoms with Crippen molar-refractivity contribution in [1.82, 2.24) is 0 Å². The van der Waals surface area contributed by atoms with Crippen LogP contribution in [0.5, 0.6) is 5.75 Å². The van der Waals surface area contributed by atoms with Gasteiger partial charge < -0.3 is 15.4 Å². The molecule has 0 saturated carbocycles. The minimum atomic E-state index is -0.337. The fourth-order valence-electron chi connectivity index (χ4n) is 3.51. The summed E-state index contributed by atoms with van der Waals surface area (Å²) in [4.78, 5) is 26.2. The molecule has 0 aromatic heterocycles. The Hall–Kier alpha value is -3.12. The molecule has 2 N–H and O–H groups in total. The summed E-state index contributed by atoms with van der Waals surface area (Å²) in [6.45, 7) is 6.74. The van der Waals surface area contributed by atoms with Crippen LogP contribution >= 0.6 is 15.9 Å². The molecule has 0 radical (unpaired) electrons. The van der Waals surface area contributed by atoms with Crippen molar-refractivity contribution in [2.75, 3.05) is 17.2 Å². The van der Waals surface area contributed by atoms with Crippen LogP contribution in [-0.4, -0.2) is 18.4 Å². The van der Waals surface area contributed by atoms with Gasteiger partial charge in [-0.1, -0.05) is 60.3 Å². The number of halogens is 1. The average molecular weight is 523 g/mol. The van der Waals surface area contributed by atoms with Crippen LogP contribution in [0.25, 0.3) is 0 Å². The van der Waals surface area contributed by atoms with E-state index in [0.717, 1.165) is 41.3 Å². The van der Waals surface area contributed by atoms with Gasteiger partial charge in [0.05, 0.1) is 23.4 Å². The quantitative estimate of drug-likeness (QED) is 0.270. The molecule has 0 aliphatic heterocycles. The van der Waals surface area contributed by atoms with Gasteiger partial charge in [-0.05, 0) is 73.9 Å². The van der Waals surface area contributed by atoms with Crippen molar-refractivity contribution in [3.8, 4) is 5.75 Å². The lowest BCUT2D eigenvalue weighted by Gasteiger charge is -2.15. The number of carbonyl (C=O) groups is 2. The van der Waals surface area contributed by atoms with E-state index in [1.165, 1.54) is 0 Å². The topological polar surface area (TPSA) is 67.4 Å². The van der Waals surface area contributed by atoms with E-state index in [4.69, 9.17) is 4.74 Å². The van der Waals surface area contributed by atoms with Gasteiger partial charge in [0.1, 0.15) is 5.75 Å². The van der Waals surface area contributed by atoms with Crippen LogP contribution in [0.4, 0.5) is 11.4 Å². The zero-order valence-electron chi connectivity index (χ0n) is 19.9. The number of rotatable bonds is 10. The normalized spacial score (nSPS) is 10.6. The zero-order valence-corrected chi connectivity index (χ0v) is 21.5. The Balaban J connectivity index is 1.76. The highest BCUT2D eigenvalue weighted by Gasteiger charge is 2.18. The van der Waals surface area contributed by atoms with E-state index in [1.807, 2.05) is 38.1 Å². The van der Waals surface area contributed by atoms with E-state index in [2.05, 4.69) is 33.5 Å². The Bertz CT molecular complexity index is 1160. The SMILES string of the molecule is CCCCCCOc1ccc(Br)cc1C(=O)Nc1ccccc1C(=O)Nc1ccc(C)c(C)c1. The van der Waals surface area contributed by atoms with Crippen molar-refractivity contribution in [2.24, 2.45) is 0 Å². The van der Waals surface area contributed by atoms with E-state index >= 15 is 0 Å². The smallest absolute Gasteiger partial charge is 0.259 e. The lowest BCUT2D eigenvalue weighted by molar-refractivity contribution is 0.102. The fraction of sp³-hybridized carbons (Fsp3) is 0.286. The number of aryl methyl sites for hydroxylation is 2. The highest BCUT2D eigenvalue weighted by atomic mass is 79.9. The molecule has 0 heterocycles. The maximum absolute atomic E-state index is 13.2. The van der Waals surface area contributed by atoms with Gasteiger partial charge in [0.25, 0.3) is 11.8 Å². The minimum Gasteiger partial charge on any atom is -0.493 e. The molecule has 0 spiro atoms. The molecule has 3 aromatic carbocycles. The molecule has 0 unspecified atom stereocenters. The van der Waals surface area contributed by atoms with Crippen molar-refractivity contribution < 1.29 is 14.3 Å². The number of amides is 2. The molecule has 0 saturated heterocycles. The van der Waals surface area contributed by atoms with Gasteiger partial charge in [0, 0.05) is 10.2 Å². The standard InChI is InChI=1S/C28H31BrN2O3/c1-4-5-6-9-16-34-26-15-13-21(29)18-24(26)28(33)31-25-11-8-7-10-23(25)27(32)30-22-14-12-19(2)20(3)17-22/h7-8,10-15,17-18H,4-6,9,16H2,1-3H3,(H,30,32)(H,31,33). The Kier molecular flexibility index (Phi) is 9.28. The van der Waals surface area contributed by atoms with Gasteiger partial charge in [-0.25, -0.2) is 0 Å². The summed E-state index contributed by atoms with van der Waals surface area (Å²) in [5.74, 6) is -0.105. The van der Waals surface area contributed by atoms with Crippen molar-refractivity contribution in [3.63, 3.8) is 0 Å². The molecule has 3 rings (SSSR count). The first kappa shape index (κ1) is 25.5. The minimum absolute atomic E-state index is 0.291. The zero-order chi connectivity index (χ0) is 24.5. The summed E-state index contributed by atoms with van der Waals surface area (Å²) >= 11 is 3.44. The number of para-hydroxylation sites is 1. The molecule has 6 heteroatoms. The number of hydrogen-bond donors (Lipinski definition) is 2. The molecule has 2 amide bonds. The van der Waals surface area contributed by atoms with Crippen molar-refractivity contribution >= 4 is 39.1 Å². The molecule has 0 aliphatic rings. The number of carbonyl (C=O) groups excluding carboxylic acids is 2. The molecule has 0 fully saturated rings. The van der Waals surface area contributed by atoms with Gasteiger partial charge in [0.15, 0.2) is 0 Å². The molecular formula is C28H31BrN2O3. The number of hydrogen-bond acceptors (Lipinski definition) is 3. The second kappa shape index (κ2) is 12.4. The van der Waals surface area contributed by atoms with Crippen molar-refractivity contribution in [1.29, 1.82) is 0 Å². The molecular weight excluding hydrogens is 492 g/mol. The van der Waals surface area contributed by atoms with Crippen LogP contribution in [0.15, 0.2) is 65.1 Å². The summed E-state index contributed by atoms with van der Waals surface area (Å²) in [7, 11) is 0. The number of benzene rings is 3. The highest BCUT2D eigenvalue weighted by Crippen LogP contribution is 2.26. The predicted octanol–water partition coefficient (Wildman–Crippen LogP) is 7.53. The lowest BCUT2D eigenvalue weighted by atomic mass is 10.1. The predicted molar refractivity (Wildman–Crippen MR) is 142 cm³/mol. The van der Waals surface area contributed by atoms with Crippen molar-refractivity contribution in [2.45, 2.75) is 46.5 Å². The number of anilines is 2. The van der Waals surface area contributed by atoms with Crippen LogP contribution in [-0.2, 0) is 0 Å². The molecule has 0 atom stereocenters. The first-order chi connectivity index (χ1) is 16.4. The monoisotopic (exact) mass is 522 g/mol. The van der Waals surface area contributed by atoms with Crippen LogP contribution < -0.4 is 15.4 Å². The highest BCUT2D eigenvalue weighted by molar-refractivity contribution is 9.10. The Morgan fingerprint density at radius 1 is 0.824 bits per heavy atom. The Labute approximate surface area is 210 Å². The molecule has 0 aliphatic carbocycles. The maximum Gasteiger partial charge on any atom is 0.259 e. The number of nitrogens with one attached hydrogen (secondary N) is 2. The molecule has 178 valence electrons. The summed E-state index contributed by atoms with van der Waals surface area (Å²) in [5, 5.41) is 5.81. The third-order valence-electron chi connectivity index (χ3n) is 5.63. The third kappa shape index (κ3) is 6.94. The summed E-state index contributed by atoms with van der Waals surface area (Å²) in [6.07, 6.45) is 4.35. The average Bonchev–Trinajstić information content (AvgIpc) is 2.82. The summed E-state index contributed by atoms with van der Waals surface area (Å²) in [5.41, 5.74) is 4.18. The molecule has 0 bridgehead atoms. The second-order valence-corrected chi connectivity index (χ2v) is 9.22. The van der Waals surface area contributed by atoms with Crippen molar-refractivity contribution in [3.05, 3.63) is 87.4 Å². The summed E-state index contributed by atoms with van der Waals surface area (Å²) in [6, 6.07) is 18.1. The van der Waals surface area contributed by atoms with Gasteiger partial charge in [-0.3, -0.25) is 9.59 Å². The van der Waals surface area contributed by atoms with Gasteiger partial charge >= 0.3 is 0 Å². The maximum atomic E-state index is 13.2. The van der Waals surface area contributed by atoms with E-state index in [-0.39, 0.29) is 11.8 Å². The van der Waals surface area contributed by atoms with E-state index in [0.29, 0.717) is 34.9 Å². The number of unbranched alkanes of at least 4 members (excludes halogenated alkanes) is 3. The Morgan fingerprint density at radius 3 is 2.35 bits per heavy atom. The Morgan fingerprint density at radius 2 is 1.59 bits per heavy atom. The summed E-state index contributed by atoms with van der Waals surface area (Å²) < 4.78 is 6.69. The van der Waals surface area contributed by atoms with E-state index in [9.17, 15) is 9.59 Å². The first-order valence-electron chi connectivity index (χ1n) is 11.6. The van der Waals surface area contributed by atoms with Crippen LogP contribution in [0.2, 0.25) is 0 Å². The third-order valence-corrected chi connectivity index (χ3v) is 6.12. The van der Waals surface area contributed by atoms with Crippen LogP contribution in [0, 0.1) is 13.8 Å². The lowest BCUT2D eigenvalue weighted by Crippen LogP contribution is -2.19. The molecule has 3 aromatic rings. The number of ether oxygens (including phenoxy) is 1.